The molecule has 2 aromatic rings. The van der Waals surface area contributed by atoms with Crippen molar-refractivity contribution in [3.8, 4) is 5.75 Å². The number of benzene rings is 2. The maximum atomic E-state index is 13.6. The fourth-order valence-electron chi connectivity index (χ4n) is 4.70. The molecule has 2 aromatic carbocycles. The number of fused-ring (bicyclic) bond motifs is 1. The van der Waals surface area contributed by atoms with Gasteiger partial charge in [-0.1, -0.05) is 51.0 Å². The first kappa shape index (κ1) is 21.7. The molecule has 1 N–H and O–H groups in total. The number of hydrogen-bond donors (Lipinski definition) is 1. The van der Waals surface area contributed by atoms with E-state index in [-0.39, 0.29) is 12.0 Å². The summed E-state index contributed by atoms with van der Waals surface area (Å²) in [4.78, 5) is 15.6. The smallest absolute Gasteiger partial charge is 0.258 e. The zero-order chi connectivity index (χ0) is 21.7. The monoisotopic (exact) mass is 422 g/mol. The van der Waals surface area contributed by atoms with E-state index >= 15 is 0 Å². The van der Waals surface area contributed by atoms with E-state index in [2.05, 4.69) is 31.3 Å². The van der Waals surface area contributed by atoms with Crippen molar-refractivity contribution in [1.29, 1.82) is 0 Å². The van der Waals surface area contributed by atoms with E-state index in [4.69, 9.17) is 9.47 Å². The van der Waals surface area contributed by atoms with Gasteiger partial charge in [0.15, 0.2) is 0 Å². The predicted molar refractivity (Wildman–Crippen MR) is 124 cm³/mol. The Hall–Kier alpha value is -2.53. The molecule has 0 saturated carbocycles. The third kappa shape index (κ3) is 4.42. The van der Waals surface area contributed by atoms with Gasteiger partial charge in [-0.3, -0.25) is 4.79 Å². The Morgan fingerprint density at radius 1 is 1.13 bits per heavy atom. The van der Waals surface area contributed by atoms with Crippen molar-refractivity contribution in [1.82, 2.24) is 4.90 Å². The van der Waals surface area contributed by atoms with Crippen LogP contribution in [0.1, 0.15) is 68.3 Å². The molecule has 2 atom stereocenters. The van der Waals surface area contributed by atoms with Crippen LogP contribution in [0.15, 0.2) is 48.5 Å². The topological polar surface area (TPSA) is 50.8 Å². The third-order valence-electron chi connectivity index (χ3n) is 6.48. The summed E-state index contributed by atoms with van der Waals surface area (Å²) in [6, 6.07) is 16.0. The Balaban J connectivity index is 1.64. The minimum Gasteiger partial charge on any atom is -0.494 e. The van der Waals surface area contributed by atoms with Crippen LogP contribution in [-0.4, -0.2) is 36.7 Å². The van der Waals surface area contributed by atoms with Crippen molar-refractivity contribution in [2.24, 2.45) is 0 Å². The molecule has 1 fully saturated rings. The zero-order valence-electron chi connectivity index (χ0n) is 18.7. The van der Waals surface area contributed by atoms with Gasteiger partial charge in [-0.2, -0.15) is 0 Å². The van der Waals surface area contributed by atoms with Gasteiger partial charge in [0.1, 0.15) is 11.4 Å². The summed E-state index contributed by atoms with van der Waals surface area (Å²) in [5.41, 5.74) is 2.06. The number of rotatable bonds is 9. The van der Waals surface area contributed by atoms with Gasteiger partial charge in [0.2, 0.25) is 0 Å². The molecule has 0 aliphatic carbocycles. The summed E-state index contributed by atoms with van der Waals surface area (Å²) in [5, 5.41) is 3.72. The summed E-state index contributed by atoms with van der Waals surface area (Å²) >= 11 is 0. The van der Waals surface area contributed by atoms with Gasteiger partial charge in [0, 0.05) is 18.8 Å². The summed E-state index contributed by atoms with van der Waals surface area (Å²) in [5.74, 6) is 0.936. The van der Waals surface area contributed by atoms with Gasteiger partial charge >= 0.3 is 0 Å². The molecule has 0 aromatic heterocycles. The number of anilines is 1. The van der Waals surface area contributed by atoms with Crippen LogP contribution in [0.2, 0.25) is 0 Å². The molecule has 4 rings (SSSR count). The fraction of sp³-hybridized carbons (Fsp3) is 0.500. The minimum atomic E-state index is -0.613. The largest absolute Gasteiger partial charge is 0.494 e. The number of amides is 1. The predicted octanol–water partition coefficient (Wildman–Crippen LogP) is 5.57. The van der Waals surface area contributed by atoms with Crippen molar-refractivity contribution < 1.29 is 14.3 Å². The van der Waals surface area contributed by atoms with E-state index in [9.17, 15) is 4.79 Å². The Morgan fingerprint density at radius 2 is 1.94 bits per heavy atom. The lowest BCUT2D eigenvalue weighted by atomic mass is 9.89. The van der Waals surface area contributed by atoms with Crippen LogP contribution in [0, 0.1) is 0 Å². The molecule has 2 heterocycles. The highest BCUT2D eigenvalue weighted by Crippen LogP contribution is 2.41. The molecule has 1 amide bonds. The van der Waals surface area contributed by atoms with Crippen molar-refractivity contribution in [3.05, 3.63) is 59.7 Å². The molecular formula is C26H34N2O3. The van der Waals surface area contributed by atoms with Crippen molar-refractivity contribution in [2.45, 2.75) is 64.1 Å². The van der Waals surface area contributed by atoms with Crippen LogP contribution in [0.5, 0.6) is 5.75 Å². The summed E-state index contributed by atoms with van der Waals surface area (Å²) < 4.78 is 11.8. The lowest BCUT2D eigenvalue weighted by Gasteiger charge is -2.49. The molecule has 0 bridgehead atoms. The number of nitrogens with zero attached hydrogens (tertiary/aromatic N) is 1. The maximum Gasteiger partial charge on any atom is 0.258 e. The average molecular weight is 423 g/mol. The Morgan fingerprint density at radius 3 is 2.65 bits per heavy atom. The van der Waals surface area contributed by atoms with Crippen LogP contribution in [0.3, 0.4) is 0 Å². The second-order valence-corrected chi connectivity index (χ2v) is 8.52. The number of hydrogen-bond acceptors (Lipinski definition) is 4. The lowest BCUT2D eigenvalue weighted by Crippen LogP contribution is -2.59. The molecule has 2 aliphatic rings. The summed E-state index contributed by atoms with van der Waals surface area (Å²) in [6.45, 7) is 6.42. The Labute approximate surface area is 185 Å². The van der Waals surface area contributed by atoms with Gasteiger partial charge < -0.3 is 19.7 Å². The van der Waals surface area contributed by atoms with E-state index in [1.807, 2.05) is 41.3 Å². The quantitative estimate of drug-likeness (QED) is 0.537. The number of nitrogens with one attached hydrogen (secondary N) is 1. The highest BCUT2D eigenvalue weighted by atomic mass is 16.5. The Bertz CT molecular complexity index is 876. The van der Waals surface area contributed by atoms with Crippen LogP contribution >= 0.6 is 0 Å². The number of carbonyl (C=O) groups is 1. The van der Waals surface area contributed by atoms with Gasteiger partial charge in [0.25, 0.3) is 5.91 Å². The molecular weight excluding hydrogens is 388 g/mol. The third-order valence-corrected chi connectivity index (χ3v) is 6.48. The van der Waals surface area contributed by atoms with E-state index in [0.717, 1.165) is 61.5 Å². The molecule has 31 heavy (non-hydrogen) atoms. The molecule has 5 heteroatoms. The molecule has 2 aliphatic heterocycles. The SMILES string of the molecule is CCCCCOc1ccc(C2(CC)Nc3ccccc3C(=O)N2CC2CCCO2)cc1. The first-order valence-corrected chi connectivity index (χ1v) is 11.7. The van der Waals surface area contributed by atoms with Crippen LogP contribution in [-0.2, 0) is 10.4 Å². The normalized spacial score (nSPS) is 22.8. The number of para-hydroxylation sites is 1. The molecule has 2 unspecified atom stereocenters. The van der Waals surface area contributed by atoms with Crippen LogP contribution in [0.25, 0.3) is 0 Å². The highest BCUT2D eigenvalue weighted by Gasteiger charge is 2.45. The van der Waals surface area contributed by atoms with Crippen molar-refractivity contribution in [2.75, 3.05) is 25.1 Å². The second kappa shape index (κ2) is 9.73. The van der Waals surface area contributed by atoms with E-state index in [1.165, 1.54) is 12.8 Å². The standard InChI is InChI=1S/C26H34N2O3/c1-3-5-8-17-30-21-15-13-20(14-16-21)26(4-2)27-24-12-7-6-11-23(24)25(29)28(26)19-22-10-9-18-31-22/h6-7,11-16,22,27H,3-5,8-10,17-19H2,1-2H3. The average Bonchev–Trinajstić information content (AvgIpc) is 3.32. The highest BCUT2D eigenvalue weighted by molar-refractivity contribution is 6.02. The van der Waals surface area contributed by atoms with Crippen molar-refractivity contribution >= 4 is 11.6 Å². The number of ether oxygens (including phenoxy) is 2. The molecule has 1 saturated heterocycles. The maximum absolute atomic E-state index is 13.6. The van der Waals surface area contributed by atoms with Crippen LogP contribution in [0.4, 0.5) is 5.69 Å². The first-order chi connectivity index (χ1) is 15.2. The van der Waals surface area contributed by atoms with E-state index in [0.29, 0.717) is 6.54 Å². The van der Waals surface area contributed by atoms with E-state index < -0.39 is 5.66 Å². The lowest BCUT2D eigenvalue weighted by molar-refractivity contribution is 0.0187. The van der Waals surface area contributed by atoms with Gasteiger partial charge in [-0.25, -0.2) is 0 Å². The molecule has 5 nitrogen and oxygen atoms in total. The minimum absolute atomic E-state index is 0.0617. The van der Waals surface area contributed by atoms with Crippen LogP contribution < -0.4 is 10.1 Å². The van der Waals surface area contributed by atoms with E-state index in [1.54, 1.807) is 0 Å². The summed E-state index contributed by atoms with van der Waals surface area (Å²) in [7, 11) is 0. The second-order valence-electron chi connectivity index (χ2n) is 8.52. The molecule has 166 valence electrons. The molecule has 0 radical (unpaired) electrons. The summed E-state index contributed by atoms with van der Waals surface area (Å²) in [6.07, 6.45) is 6.32. The molecule has 0 spiro atoms. The first-order valence-electron chi connectivity index (χ1n) is 11.7. The number of unbranched alkanes of at least 4 members (excludes halogenated alkanes) is 2. The fourth-order valence-corrected chi connectivity index (χ4v) is 4.70. The zero-order valence-corrected chi connectivity index (χ0v) is 18.7. The Kier molecular flexibility index (Phi) is 6.81. The number of carbonyl (C=O) groups excluding carboxylic acids is 1. The van der Waals surface area contributed by atoms with Gasteiger partial charge in [-0.15, -0.1) is 0 Å². The van der Waals surface area contributed by atoms with Gasteiger partial charge in [0.05, 0.1) is 18.3 Å². The van der Waals surface area contributed by atoms with Gasteiger partial charge in [-0.05, 0) is 55.5 Å². The van der Waals surface area contributed by atoms with Crippen molar-refractivity contribution in [3.63, 3.8) is 0 Å².